The molecule has 3 aliphatic rings. The van der Waals surface area contributed by atoms with Gasteiger partial charge in [0.1, 0.15) is 12.2 Å². The molecule has 6 nitrogen and oxygen atoms in total. The van der Waals surface area contributed by atoms with E-state index < -0.39 is 0 Å². The molecule has 1 saturated heterocycles. The second kappa shape index (κ2) is 5.38. The van der Waals surface area contributed by atoms with E-state index >= 15 is 0 Å². The maximum Gasteiger partial charge on any atom is 0.255 e. The Labute approximate surface area is 147 Å². The fourth-order valence-electron chi connectivity index (χ4n) is 4.61. The first-order chi connectivity index (χ1) is 12.2. The van der Waals surface area contributed by atoms with Gasteiger partial charge in [0.15, 0.2) is 0 Å². The first-order valence-electron chi connectivity index (χ1n) is 9.27. The van der Waals surface area contributed by atoms with Gasteiger partial charge in [-0.05, 0) is 49.7 Å². The number of rotatable bonds is 3. The monoisotopic (exact) mass is 337 g/mol. The number of likely N-dealkylation sites (tertiary alicyclic amines) is 1. The maximum atomic E-state index is 13.0. The summed E-state index contributed by atoms with van der Waals surface area (Å²) in [7, 11) is 0. The third kappa shape index (κ3) is 2.38. The van der Waals surface area contributed by atoms with Gasteiger partial charge in [-0.1, -0.05) is 6.42 Å². The summed E-state index contributed by atoms with van der Waals surface area (Å²) in [5, 5.41) is 8.67. The number of aromatic nitrogens is 4. The fourth-order valence-corrected chi connectivity index (χ4v) is 4.61. The largest absolute Gasteiger partial charge is 0.337 e. The number of nitrogens with zero attached hydrogens (tertiary/aromatic N) is 5. The lowest BCUT2D eigenvalue weighted by molar-refractivity contribution is 0.0722. The van der Waals surface area contributed by atoms with Crippen LogP contribution in [0.1, 0.15) is 65.8 Å². The summed E-state index contributed by atoms with van der Waals surface area (Å²) in [6, 6.07) is 2.51. The number of hydrogen-bond acceptors (Lipinski definition) is 4. The van der Waals surface area contributed by atoms with Crippen LogP contribution < -0.4 is 0 Å². The van der Waals surface area contributed by atoms with Gasteiger partial charge >= 0.3 is 0 Å². The van der Waals surface area contributed by atoms with E-state index in [1.807, 2.05) is 24.2 Å². The van der Waals surface area contributed by atoms with Crippen LogP contribution in [0.15, 0.2) is 24.8 Å². The van der Waals surface area contributed by atoms with E-state index in [2.05, 4.69) is 19.7 Å². The average molecular weight is 337 g/mol. The molecule has 3 fully saturated rings. The molecule has 130 valence electrons. The molecule has 2 aliphatic carbocycles. The zero-order valence-corrected chi connectivity index (χ0v) is 14.6. The van der Waals surface area contributed by atoms with Crippen molar-refractivity contribution in [2.24, 2.45) is 5.41 Å². The molecule has 1 aliphatic heterocycles. The third-order valence-corrected chi connectivity index (χ3v) is 6.26. The standard InChI is InChI=1S/C19H23N5O/c1-13-7-14(9-20-8-13)18(25)23-10-16(19(11-23)5-2-6-19)17-22-21-12-24(17)15-3-4-15/h7-9,12,15-16H,2-6,10-11H2,1H3. The second-order valence-corrected chi connectivity index (χ2v) is 8.03. The predicted molar refractivity (Wildman–Crippen MR) is 92.2 cm³/mol. The van der Waals surface area contributed by atoms with E-state index in [0.29, 0.717) is 17.5 Å². The SMILES string of the molecule is Cc1cncc(C(=O)N2CC(c3nncn3C3CC3)C3(CCC3)C2)c1. The summed E-state index contributed by atoms with van der Waals surface area (Å²) in [6.07, 6.45) is 11.4. The number of amides is 1. The summed E-state index contributed by atoms with van der Waals surface area (Å²) in [6.45, 7) is 3.56. The molecular formula is C19H23N5O. The fraction of sp³-hybridized carbons (Fsp3) is 0.579. The Morgan fingerprint density at radius 3 is 2.80 bits per heavy atom. The molecule has 1 unspecified atom stereocenters. The number of carbonyl (C=O) groups is 1. The van der Waals surface area contributed by atoms with Gasteiger partial charge in [0.2, 0.25) is 0 Å². The molecule has 0 radical (unpaired) electrons. The molecule has 0 aromatic carbocycles. The van der Waals surface area contributed by atoms with Crippen LogP contribution in [0.2, 0.25) is 0 Å². The van der Waals surface area contributed by atoms with Gasteiger partial charge in [0.05, 0.1) is 5.56 Å². The van der Waals surface area contributed by atoms with E-state index in [1.165, 1.54) is 32.1 Å². The lowest BCUT2D eigenvalue weighted by Gasteiger charge is -2.42. The van der Waals surface area contributed by atoms with E-state index in [4.69, 9.17) is 0 Å². The van der Waals surface area contributed by atoms with Gasteiger partial charge in [0.25, 0.3) is 5.91 Å². The van der Waals surface area contributed by atoms with Crippen molar-refractivity contribution in [1.82, 2.24) is 24.6 Å². The van der Waals surface area contributed by atoms with Crippen LogP contribution in [0.3, 0.4) is 0 Å². The third-order valence-electron chi connectivity index (χ3n) is 6.26. The predicted octanol–water partition coefficient (Wildman–Crippen LogP) is 2.73. The molecule has 2 aromatic rings. The van der Waals surface area contributed by atoms with E-state index in [0.717, 1.165) is 24.5 Å². The zero-order chi connectivity index (χ0) is 17.0. The first-order valence-corrected chi connectivity index (χ1v) is 9.27. The van der Waals surface area contributed by atoms with Gasteiger partial charge in [0, 0.05) is 37.4 Å². The Hall–Kier alpha value is -2.24. The number of carbonyl (C=O) groups excluding carboxylic acids is 1. The highest BCUT2D eigenvalue weighted by Gasteiger charge is 2.54. The molecule has 6 heteroatoms. The normalized spacial score (nSPS) is 24.5. The highest BCUT2D eigenvalue weighted by Crippen LogP contribution is 2.56. The molecule has 0 N–H and O–H groups in total. The quantitative estimate of drug-likeness (QED) is 0.864. The highest BCUT2D eigenvalue weighted by molar-refractivity contribution is 5.94. The van der Waals surface area contributed by atoms with Crippen LogP contribution >= 0.6 is 0 Å². The summed E-state index contributed by atoms with van der Waals surface area (Å²) >= 11 is 0. The molecule has 2 saturated carbocycles. The number of hydrogen-bond donors (Lipinski definition) is 0. The van der Waals surface area contributed by atoms with Crippen molar-refractivity contribution >= 4 is 5.91 Å². The summed E-state index contributed by atoms with van der Waals surface area (Å²) < 4.78 is 2.27. The number of pyridine rings is 1. The molecular weight excluding hydrogens is 314 g/mol. The van der Waals surface area contributed by atoms with Gasteiger partial charge in [-0.2, -0.15) is 0 Å². The summed E-state index contributed by atoms with van der Waals surface area (Å²) in [5.74, 6) is 1.51. The molecule has 3 heterocycles. The Kier molecular flexibility index (Phi) is 3.24. The van der Waals surface area contributed by atoms with Crippen LogP contribution in [-0.2, 0) is 0 Å². The number of aryl methyl sites for hydroxylation is 1. The molecule has 5 rings (SSSR count). The van der Waals surface area contributed by atoms with Gasteiger partial charge in [-0.15, -0.1) is 10.2 Å². The topological polar surface area (TPSA) is 63.9 Å². The molecule has 1 spiro atoms. The molecule has 1 atom stereocenters. The minimum atomic E-state index is 0.0995. The molecule has 25 heavy (non-hydrogen) atoms. The maximum absolute atomic E-state index is 13.0. The Morgan fingerprint density at radius 1 is 1.28 bits per heavy atom. The van der Waals surface area contributed by atoms with Gasteiger partial charge in [-0.25, -0.2) is 0 Å². The van der Waals surface area contributed by atoms with Crippen molar-refractivity contribution in [2.45, 2.75) is 51.0 Å². The average Bonchev–Trinajstić information content (AvgIpc) is 3.16. The lowest BCUT2D eigenvalue weighted by atomic mass is 9.62. The van der Waals surface area contributed by atoms with Crippen LogP contribution in [0.4, 0.5) is 0 Å². The molecule has 2 aromatic heterocycles. The minimum Gasteiger partial charge on any atom is -0.337 e. The van der Waals surface area contributed by atoms with Crippen molar-refractivity contribution in [3.05, 3.63) is 41.7 Å². The van der Waals surface area contributed by atoms with Crippen LogP contribution in [0.5, 0.6) is 0 Å². The lowest BCUT2D eigenvalue weighted by Crippen LogP contribution is -2.38. The molecule has 0 bridgehead atoms. The first kappa shape index (κ1) is 15.0. The van der Waals surface area contributed by atoms with Crippen LogP contribution in [0, 0.1) is 12.3 Å². The van der Waals surface area contributed by atoms with E-state index in [-0.39, 0.29) is 11.3 Å². The minimum absolute atomic E-state index is 0.0995. The zero-order valence-electron chi connectivity index (χ0n) is 14.6. The Balaban J connectivity index is 1.45. The summed E-state index contributed by atoms with van der Waals surface area (Å²) in [4.78, 5) is 19.2. The van der Waals surface area contributed by atoms with Crippen molar-refractivity contribution in [3.63, 3.8) is 0 Å². The smallest absolute Gasteiger partial charge is 0.255 e. The van der Waals surface area contributed by atoms with Crippen molar-refractivity contribution in [1.29, 1.82) is 0 Å². The van der Waals surface area contributed by atoms with Gasteiger partial charge < -0.3 is 9.47 Å². The highest BCUT2D eigenvalue weighted by atomic mass is 16.2. The van der Waals surface area contributed by atoms with Gasteiger partial charge in [-0.3, -0.25) is 9.78 Å². The summed E-state index contributed by atoms with van der Waals surface area (Å²) in [5.41, 5.74) is 1.92. The Morgan fingerprint density at radius 2 is 2.12 bits per heavy atom. The van der Waals surface area contributed by atoms with E-state index in [1.54, 1.807) is 12.4 Å². The van der Waals surface area contributed by atoms with Crippen LogP contribution in [-0.4, -0.2) is 43.6 Å². The van der Waals surface area contributed by atoms with E-state index in [9.17, 15) is 4.79 Å². The molecule has 1 amide bonds. The van der Waals surface area contributed by atoms with Crippen LogP contribution in [0.25, 0.3) is 0 Å². The second-order valence-electron chi connectivity index (χ2n) is 8.03. The van der Waals surface area contributed by atoms with Crippen molar-refractivity contribution in [2.75, 3.05) is 13.1 Å². The van der Waals surface area contributed by atoms with Crippen molar-refractivity contribution < 1.29 is 4.79 Å². The van der Waals surface area contributed by atoms with Crippen molar-refractivity contribution in [3.8, 4) is 0 Å². The Bertz CT molecular complexity index is 821.